The van der Waals surface area contributed by atoms with Gasteiger partial charge in [-0.05, 0) is 56.9 Å². The van der Waals surface area contributed by atoms with E-state index in [-0.39, 0.29) is 12.4 Å². The van der Waals surface area contributed by atoms with Crippen LogP contribution in [0.3, 0.4) is 0 Å². The highest BCUT2D eigenvalue weighted by Gasteiger charge is 2.43. The van der Waals surface area contributed by atoms with Gasteiger partial charge in [0.25, 0.3) is 0 Å². The van der Waals surface area contributed by atoms with Gasteiger partial charge in [-0.2, -0.15) is 0 Å². The normalized spacial score (nSPS) is 38.8. The number of nitrogens with zero attached hydrogens (tertiary/aromatic N) is 1. The van der Waals surface area contributed by atoms with E-state index in [1.165, 1.54) is 32.1 Å². The summed E-state index contributed by atoms with van der Waals surface area (Å²) in [5, 5.41) is 3.00. The van der Waals surface area contributed by atoms with Gasteiger partial charge in [-0.1, -0.05) is 0 Å². The summed E-state index contributed by atoms with van der Waals surface area (Å²) in [6, 6.07) is 0.567. The van der Waals surface area contributed by atoms with Crippen LogP contribution in [-0.4, -0.2) is 37.0 Å². The molecule has 2 atom stereocenters. The van der Waals surface area contributed by atoms with Gasteiger partial charge in [0.05, 0.1) is 6.54 Å². The zero-order valence-corrected chi connectivity index (χ0v) is 11.3. The van der Waals surface area contributed by atoms with Gasteiger partial charge < -0.3 is 10.2 Å². The minimum Gasteiger partial charge on any atom is -0.338 e. The molecule has 2 saturated heterocycles. The summed E-state index contributed by atoms with van der Waals surface area (Å²) >= 11 is 0. The van der Waals surface area contributed by atoms with Gasteiger partial charge in [0.2, 0.25) is 5.91 Å². The smallest absolute Gasteiger partial charge is 0.236 e. The monoisotopic (exact) mass is 258 g/mol. The summed E-state index contributed by atoms with van der Waals surface area (Å²) in [4.78, 5) is 14.3. The van der Waals surface area contributed by atoms with Crippen LogP contribution in [0.5, 0.6) is 0 Å². The highest BCUT2D eigenvalue weighted by Crippen LogP contribution is 2.47. The molecule has 98 valence electrons. The maximum Gasteiger partial charge on any atom is 0.236 e. The van der Waals surface area contributed by atoms with E-state index in [1.54, 1.807) is 0 Å². The summed E-state index contributed by atoms with van der Waals surface area (Å²) in [6.45, 7) is 1.55. The second kappa shape index (κ2) is 5.15. The zero-order chi connectivity index (χ0) is 11.1. The van der Waals surface area contributed by atoms with Crippen molar-refractivity contribution in [2.45, 2.75) is 38.1 Å². The first kappa shape index (κ1) is 13.2. The number of hydrogen-bond donors (Lipinski definition) is 1. The summed E-state index contributed by atoms with van der Waals surface area (Å²) in [6.07, 6.45) is 6.78. The molecule has 0 aromatic heterocycles. The topological polar surface area (TPSA) is 32.3 Å². The number of carbonyl (C=O) groups is 1. The molecule has 4 bridgehead atoms. The molecule has 4 aliphatic rings. The Bertz CT molecular complexity index is 283. The van der Waals surface area contributed by atoms with Crippen LogP contribution in [0.1, 0.15) is 32.1 Å². The van der Waals surface area contributed by atoms with Crippen molar-refractivity contribution in [3.63, 3.8) is 0 Å². The van der Waals surface area contributed by atoms with Crippen LogP contribution in [0, 0.1) is 17.8 Å². The lowest BCUT2D eigenvalue weighted by atomic mass is 9.68. The van der Waals surface area contributed by atoms with Gasteiger partial charge in [0, 0.05) is 12.6 Å². The lowest BCUT2D eigenvalue weighted by Gasteiger charge is -2.39. The molecule has 0 aromatic carbocycles. The number of carbonyl (C=O) groups excluding carboxylic acids is 1. The molecule has 1 N–H and O–H groups in total. The molecule has 0 aromatic rings. The van der Waals surface area contributed by atoms with Crippen LogP contribution in [0.15, 0.2) is 0 Å². The van der Waals surface area contributed by atoms with Crippen LogP contribution >= 0.6 is 12.4 Å². The summed E-state index contributed by atoms with van der Waals surface area (Å²) < 4.78 is 0. The number of rotatable bonds is 2. The Morgan fingerprint density at radius 2 is 1.71 bits per heavy atom. The minimum atomic E-state index is 0. The first-order valence-electron chi connectivity index (χ1n) is 6.70. The summed E-state index contributed by atoms with van der Waals surface area (Å²) in [7, 11) is 1.86. The third-order valence-corrected chi connectivity index (χ3v) is 4.75. The fraction of sp³-hybridized carbons (Fsp3) is 0.923. The maximum atomic E-state index is 12.1. The van der Waals surface area contributed by atoms with Crippen molar-refractivity contribution in [2.75, 3.05) is 20.1 Å². The van der Waals surface area contributed by atoms with E-state index >= 15 is 0 Å². The maximum absolute atomic E-state index is 12.1. The fourth-order valence-corrected chi connectivity index (χ4v) is 4.34. The molecule has 1 amide bonds. The van der Waals surface area contributed by atoms with Crippen molar-refractivity contribution in [1.82, 2.24) is 10.2 Å². The van der Waals surface area contributed by atoms with Crippen LogP contribution in [0.25, 0.3) is 0 Å². The summed E-state index contributed by atoms with van der Waals surface area (Å²) in [5.41, 5.74) is 0. The number of amides is 1. The van der Waals surface area contributed by atoms with E-state index in [1.807, 2.05) is 7.05 Å². The SMILES string of the molecule is CNCC(=O)N1CC2CC3CC(C2)CC1C3.Cl. The Kier molecular flexibility index (Phi) is 3.99. The Balaban J connectivity index is 0.00000108. The van der Waals surface area contributed by atoms with Crippen molar-refractivity contribution in [3.8, 4) is 0 Å². The molecule has 3 nitrogen and oxygen atoms in total. The van der Waals surface area contributed by atoms with E-state index < -0.39 is 0 Å². The lowest BCUT2D eigenvalue weighted by molar-refractivity contribution is -0.133. The number of hydrogen-bond acceptors (Lipinski definition) is 2. The average molecular weight is 259 g/mol. The molecule has 17 heavy (non-hydrogen) atoms. The largest absolute Gasteiger partial charge is 0.338 e. The highest BCUT2D eigenvalue weighted by molar-refractivity contribution is 5.85. The van der Waals surface area contributed by atoms with Crippen molar-refractivity contribution < 1.29 is 4.79 Å². The van der Waals surface area contributed by atoms with Crippen LogP contribution < -0.4 is 5.32 Å². The minimum absolute atomic E-state index is 0. The molecule has 4 fully saturated rings. The van der Waals surface area contributed by atoms with Gasteiger partial charge in [-0.25, -0.2) is 0 Å². The van der Waals surface area contributed by atoms with Gasteiger partial charge in [0.1, 0.15) is 0 Å². The first-order chi connectivity index (χ1) is 7.76. The van der Waals surface area contributed by atoms with Crippen molar-refractivity contribution >= 4 is 18.3 Å². The highest BCUT2D eigenvalue weighted by atomic mass is 35.5. The van der Waals surface area contributed by atoms with Crippen molar-refractivity contribution in [1.29, 1.82) is 0 Å². The van der Waals surface area contributed by atoms with E-state index in [9.17, 15) is 4.79 Å². The van der Waals surface area contributed by atoms with Crippen LogP contribution in [0.2, 0.25) is 0 Å². The molecule has 4 rings (SSSR count). The predicted octanol–water partition coefficient (Wildman–Crippen LogP) is 1.66. The fourth-order valence-electron chi connectivity index (χ4n) is 4.34. The third-order valence-electron chi connectivity index (χ3n) is 4.75. The number of halogens is 1. The van der Waals surface area contributed by atoms with Gasteiger partial charge in [-0.15, -0.1) is 12.4 Å². The molecule has 0 spiro atoms. The van der Waals surface area contributed by atoms with Crippen LogP contribution in [0.4, 0.5) is 0 Å². The molecular weight excluding hydrogens is 236 g/mol. The van der Waals surface area contributed by atoms with E-state index in [2.05, 4.69) is 10.2 Å². The van der Waals surface area contributed by atoms with E-state index in [0.29, 0.717) is 18.5 Å². The quantitative estimate of drug-likeness (QED) is 0.817. The van der Waals surface area contributed by atoms with Gasteiger partial charge >= 0.3 is 0 Å². The standard InChI is InChI=1S/C13H22N2O.ClH/c1-14-7-13(16)15-8-11-3-9-2-10(4-11)6-12(15)5-9;/h9-12,14H,2-8H2,1H3;1H. The number of fused-ring (bicyclic) bond motifs is 1. The first-order valence-corrected chi connectivity index (χ1v) is 6.70. The second-order valence-electron chi connectivity index (χ2n) is 6.01. The van der Waals surface area contributed by atoms with Crippen LogP contribution in [-0.2, 0) is 4.79 Å². The van der Waals surface area contributed by atoms with Crippen molar-refractivity contribution in [2.24, 2.45) is 17.8 Å². The van der Waals surface area contributed by atoms with E-state index in [4.69, 9.17) is 0 Å². The zero-order valence-electron chi connectivity index (χ0n) is 10.5. The Morgan fingerprint density at radius 3 is 2.29 bits per heavy atom. The molecule has 2 unspecified atom stereocenters. The Labute approximate surface area is 110 Å². The average Bonchev–Trinajstić information content (AvgIpc) is 2.43. The molecule has 0 radical (unpaired) electrons. The molecule has 4 heteroatoms. The second-order valence-corrected chi connectivity index (χ2v) is 6.01. The molecule has 2 aliphatic heterocycles. The Morgan fingerprint density at radius 1 is 1.12 bits per heavy atom. The van der Waals surface area contributed by atoms with Crippen molar-refractivity contribution in [3.05, 3.63) is 0 Å². The molecule has 2 saturated carbocycles. The molecule has 2 heterocycles. The van der Waals surface area contributed by atoms with E-state index in [0.717, 1.165) is 24.3 Å². The lowest BCUT2D eigenvalue weighted by Crippen LogP contribution is -2.45. The Hall–Kier alpha value is -0.280. The third kappa shape index (κ3) is 2.45. The van der Waals surface area contributed by atoms with Gasteiger partial charge in [-0.3, -0.25) is 4.79 Å². The molecular formula is C13H23ClN2O. The predicted molar refractivity (Wildman–Crippen MR) is 70.2 cm³/mol. The van der Waals surface area contributed by atoms with Gasteiger partial charge in [0.15, 0.2) is 0 Å². The summed E-state index contributed by atoms with van der Waals surface area (Å²) in [5.74, 6) is 2.97. The molecule has 2 aliphatic carbocycles. The number of likely N-dealkylation sites (N-methyl/N-ethyl adjacent to an activating group) is 1. The number of nitrogens with one attached hydrogen (secondary N) is 1.